The van der Waals surface area contributed by atoms with Crippen LogP contribution in [0.4, 0.5) is 0 Å². The molecule has 2 aromatic carbocycles. The van der Waals surface area contributed by atoms with Crippen LogP contribution in [0, 0.1) is 0 Å². The maximum Gasteiger partial charge on any atom is 0.283 e. The van der Waals surface area contributed by atoms with Gasteiger partial charge in [0.05, 0.1) is 18.1 Å². The lowest BCUT2D eigenvalue weighted by molar-refractivity contribution is -0.134. The van der Waals surface area contributed by atoms with Gasteiger partial charge < -0.3 is 4.74 Å². The molecule has 0 fully saturated rings. The summed E-state index contributed by atoms with van der Waals surface area (Å²) in [6.45, 7) is 3.33. The van der Waals surface area contributed by atoms with E-state index in [1.54, 1.807) is 50.5 Å². The van der Waals surface area contributed by atoms with Crippen molar-refractivity contribution in [3.63, 3.8) is 0 Å². The highest BCUT2D eigenvalue weighted by Crippen LogP contribution is 2.21. The van der Waals surface area contributed by atoms with Crippen LogP contribution in [0.2, 0.25) is 5.02 Å². The second-order valence-corrected chi connectivity index (χ2v) is 6.77. The fourth-order valence-corrected chi connectivity index (χ4v) is 2.49. The van der Waals surface area contributed by atoms with Gasteiger partial charge in [0.15, 0.2) is 5.60 Å². The summed E-state index contributed by atoms with van der Waals surface area (Å²) in [5, 5.41) is 11.6. The van der Waals surface area contributed by atoms with Crippen molar-refractivity contribution in [1.82, 2.24) is 15.6 Å². The average Bonchev–Trinajstić information content (AvgIpc) is 3.12. The van der Waals surface area contributed by atoms with Crippen molar-refractivity contribution in [2.75, 3.05) is 0 Å². The lowest BCUT2D eigenvalue weighted by atomic mass is 10.1. The van der Waals surface area contributed by atoms with E-state index in [0.29, 0.717) is 10.8 Å². The molecule has 138 valence electrons. The summed E-state index contributed by atoms with van der Waals surface area (Å²) in [5.74, 6) is 0.170. The zero-order valence-corrected chi connectivity index (χ0v) is 15.7. The Morgan fingerprint density at radius 1 is 1.19 bits per heavy atom. The van der Waals surface area contributed by atoms with E-state index in [2.05, 4.69) is 20.7 Å². The van der Waals surface area contributed by atoms with Crippen LogP contribution < -0.4 is 10.2 Å². The highest BCUT2D eigenvalue weighted by atomic mass is 35.5. The van der Waals surface area contributed by atoms with Crippen molar-refractivity contribution < 1.29 is 9.53 Å². The number of nitrogens with zero attached hydrogens (tertiary/aromatic N) is 2. The van der Waals surface area contributed by atoms with E-state index < -0.39 is 5.60 Å². The highest BCUT2D eigenvalue weighted by Gasteiger charge is 2.29. The SMILES string of the molecule is CC(C)(Oc1ccc(Cl)cc1)C(=O)N/N=C\c1cn[nH]c1-c1ccccc1. The molecule has 0 radical (unpaired) electrons. The van der Waals surface area contributed by atoms with Gasteiger partial charge >= 0.3 is 0 Å². The van der Waals surface area contributed by atoms with Crippen LogP contribution in [-0.2, 0) is 4.79 Å². The number of carbonyl (C=O) groups is 1. The molecule has 0 bridgehead atoms. The molecule has 2 N–H and O–H groups in total. The molecule has 0 unspecified atom stereocenters. The van der Waals surface area contributed by atoms with Crippen molar-refractivity contribution in [1.29, 1.82) is 0 Å². The van der Waals surface area contributed by atoms with E-state index in [4.69, 9.17) is 16.3 Å². The summed E-state index contributed by atoms with van der Waals surface area (Å²) in [6.07, 6.45) is 3.19. The summed E-state index contributed by atoms with van der Waals surface area (Å²) in [7, 11) is 0. The van der Waals surface area contributed by atoms with Gasteiger partial charge in [0.1, 0.15) is 5.75 Å². The summed E-state index contributed by atoms with van der Waals surface area (Å²) in [4.78, 5) is 12.4. The first-order chi connectivity index (χ1) is 13.0. The number of hydrogen-bond acceptors (Lipinski definition) is 4. The molecule has 0 saturated carbocycles. The second kappa shape index (κ2) is 8.05. The first-order valence-corrected chi connectivity index (χ1v) is 8.70. The van der Waals surface area contributed by atoms with E-state index >= 15 is 0 Å². The number of hydrogen-bond donors (Lipinski definition) is 2. The number of benzene rings is 2. The highest BCUT2D eigenvalue weighted by molar-refractivity contribution is 6.30. The van der Waals surface area contributed by atoms with Gasteiger partial charge in [-0.3, -0.25) is 9.89 Å². The van der Waals surface area contributed by atoms with Gasteiger partial charge in [-0.25, -0.2) is 5.43 Å². The first kappa shape index (κ1) is 18.7. The fraction of sp³-hybridized carbons (Fsp3) is 0.150. The minimum absolute atomic E-state index is 0.376. The molecule has 6 nitrogen and oxygen atoms in total. The topological polar surface area (TPSA) is 79.4 Å². The molecule has 1 amide bonds. The molecule has 0 saturated heterocycles. The lowest BCUT2D eigenvalue weighted by Crippen LogP contribution is -2.44. The van der Waals surface area contributed by atoms with Crippen LogP contribution in [0.1, 0.15) is 19.4 Å². The predicted octanol–water partition coefficient (Wildman–Crippen LogP) is 4.04. The lowest BCUT2D eigenvalue weighted by Gasteiger charge is -2.24. The third-order valence-electron chi connectivity index (χ3n) is 3.83. The second-order valence-electron chi connectivity index (χ2n) is 6.33. The molecule has 27 heavy (non-hydrogen) atoms. The van der Waals surface area contributed by atoms with E-state index in [0.717, 1.165) is 16.8 Å². The van der Waals surface area contributed by atoms with Gasteiger partial charge in [-0.05, 0) is 38.1 Å². The van der Waals surface area contributed by atoms with Crippen LogP contribution >= 0.6 is 11.6 Å². The van der Waals surface area contributed by atoms with Crippen LogP contribution in [0.15, 0.2) is 65.9 Å². The van der Waals surface area contributed by atoms with Crippen molar-refractivity contribution in [3.05, 3.63) is 71.4 Å². The molecule has 0 aliphatic carbocycles. The minimum atomic E-state index is -1.11. The molecule has 0 aliphatic heterocycles. The van der Waals surface area contributed by atoms with Crippen molar-refractivity contribution in [3.8, 4) is 17.0 Å². The molecule has 1 heterocycles. The van der Waals surface area contributed by atoms with Crippen molar-refractivity contribution in [2.45, 2.75) is 19.4 Å². The summed E-state index contributed by atoms with van der Waals surface area (Å²) < 4.78 is 5.74. The number of hydrazone groups is 1. The minimum Gasteiger partial charge on any atom is -0.478 e. The smallest absolute Gasteiger partial charge is 0.283 e. The number of halogens is 1. The number of rotatable bonds is 6. The van der Waals surface area contributed by atoms with E-state index in [9.17, 15) is 4.79 Å². The third-order valence-corrected chi connectivity index (χ3v) is 4.09. The summed E-state index contributed by atoms with van der Waals surface area (Å²) in [6, 6.07) is 16.6. The predicted molar refractivity (Wildman–Crippen MR) is 106 cm³/mol. The van der Waals surface area contributed by atoms with Crippen LogP contribution in [-0.4, -0.2) is 27.9 Å². The molecule has 7 heteroatoms. The van der Waals surface area contributed by atoms with Gasteiger partial charge in [0.25, 0.3) is 5.91 Å². The Bertz CT molecular complexity index is 934. The maximum atomic E-state index is 12.4. The number of aromatic nitrogens is 2. The zero-order chi connectivity index (χ0) is 19.3. The number of nitrogens with one attached hydrogen (secondary N) is 2. The van der Waals surface area contributed by atoms with Crippen LogP contribution in [0.3, 0.4) is 0 Å². The van der Waals surface area contributed by atoms with E-state index in [-0.39, 0.29) is 5.91 Å². The molecule has 0 aliphatic rings. The van der Waals surface area contributed by atoms with Crippen LogP contribution in [0.25, 0.3) is 11.3 Å². The zero-order valence-electron chi connectivity index (χ0n) is 14.9. The Kier molecular flexibility index (Phi) is 5.57. The number of aromatic amines is 1. The Balaban J connectivity index is 1.65. The number of amides is 1. The van der Waals surface area contributed by atoms with Crippen molar-refractivity contribution in [2.24, 2.45) is 5.10 Å². The maximum absolute atomic E-state index is 12.4. The molecule has 0 atom stereocenters. The van der Waals surface area contributed by atoms with Crippen LogP contribution in [0.5, 0.6) is 5.75 Å². The number of carbonyl (C=O) groups excluding carboxylic acids is 1. The largest absolute Gasteiger partial charge is 0.478 e. The van der Waals surface area contributed by atoms with Gasteiger partial charge in [0.2, 0.25) is 0 Å². The Morgan fingerprint density at radius 3 is 2.59 bits per heavy atom. The Morgan fingerprint density at radius 2 is 1.89 bits per heavy atom. The number of H-pyrrole nitrogens is 1. The van der Waals surface area contributed by atoms with Gasteiger partial charge in [-0.2, -0.15) is 10.2 Å². The quantitative estimate of drug-likeness (QED) is 0.498. The standard InChI is InChI=1S/C20H19ClN4O2/c1-20(2,27-17-10-8-16(21)9-11-17)19(26)25-23-13-15-12-22-24-18(15)14-6-4-3-5-7-14/h3-13H,1-2H3,(H,22,24)(H,25,26)/b23-13-. The average molecular weight is 383 g/mol. The normalized spacial score (nSPS) is 11.5. The Hall–Kier alpha value is -3.12. The first-order valence-electron chi connectivity index (χ1n) is 8.32. The third kappa shape index (κ3) is 4.74. The monoisotopic (exact) mass is 382 g/mol. The molecular formula is C20H19ClN4O2. The molecule has 0 spiro atoms. The number of ether oxygens (including phenoxy) is 1. The van der Waals surface area contributed by atoms with Gasteiger partial charge in [0, 0.05) is 16.1 Å². The Labute approximate surface area is 162 Å². The molecular weight excluding hydrogens is 364 g/mol. The van der Waals surface area contributed by atoms with Gasteiger partial charge in [-0.1, -0.05) is 41.9 Å². The van der Waals surface area contributed by atoms with E-state index in [1.807, 2.05) is 30.3 Å². The molecule has 3 rings (SSSR count). The summed E-state index contributed by atoms with van der Waals surface area (Å²) in [5.41, 5.74) is 3.97. The van der Waals surface area contributed by atoms with Gasteiger partial charge in [-0.15, -0.1) is 0 Å². The van der Waals surface area contributed by atoms with Crippen molar-refractivity contribution >= 4 is 23.7 Å². The van der Waals surface area contributed by atoms with E-state index in [1.165, 1.54) is 0 Å². The fourth-order valence-electron chi connectivity index (χ4n) is 2.37. The molecule has 3 aromatic rings. The molecule has 1 aromatic heterocycles. The summed E-state index contributed by atoms with van der Waals surface area (Å²) >= 11 is 5.86.